The quantitative estimate of drug-likeness (QED) is 0.749. The SMILES string of the molecule is COCC(O)CCNC(=O)Nc1ccc(C)cc1Br. The van der Waals surface area contributed by atoms with Crippen LogP contribution in [0, 0.1) is 6.92 Å². The Hall–Kier alpha value is -1.11. The lowest BCUT2D eigenvalue weighted by Gasteiger charge is -2.12. The number of benzene rings is 1. The molecular weight excluding hydrogens is 312 g/mol. The van der Waals surface area contributed by atoms with Gasteiger partial charge < -0.3 is 20.5 Å². The predicted octanol–water partition coefficient (Wildman–Crippen LogP) is 2.28. The lowest BCUT2D eigenvalue weighted by Crippen LogP contribution is -2.32. The van der Waals surface area contributed by atoms with Gasteiger partial charge in [-0.2, -0.15) is 0 Å². The van der Waals surface area contributed by atoms with Crippen molar-refractivity contribution in [3.05, 3.63) is 28.2 Å². The van der Waals surface area contributed by atoms with Crippen molar-refractivity contribution in [3.63, 3.8) is 0 Å². The number of nitrogens with one attached hydrogen (secondary N) is 2. The second kappa shape index (κ2) is 8.14. The van der Waals surface area contributed by atoms with Crippen molar-refractivity contribution in [2.45, 2.75) is 19.4 Å². The molecule has 0 aliphatic heterocycles. The molecule has 19 heavy (non-hydrogen) atoms. The standard InChI is InChI=1S/C13H19BrN2O3/c1-9-3-4-12(11(14)7-9)16-13(18)15-6-5-10(17)8-19-2/h3-4,7,10,17H,5-6,8H2,1-2H3,(H2,15,16,18). The number of aryl methyl sites for hydroxylation is 1. The summed E-state index contributed by atoms with van der Waals surface area (Å²) in [6.07, 6.45) is -0.104. The highest BCUT2D eigenvalue weighted by molar-refractivity contribution is 9.10. The van der Waals surface area contributed by atoms with E-state index in [1.165, 1.54) is 7.11 Å². The number of hydrogen-bond acceptors (Lipinski definition) is 3. The van der Waals surface area contributed by atoms with Crippen LogP contribution >= 0.6 is 15.9 Å². The van der Waals surface area contributed by atoms with Gasteiger partial charge in [-0.05, 0) is 47.0 Å². The summed E-state index contributed by atoms with van der Waals surface area (Å²) >= 11 is 3.39. The van der Waals surface area contributed by atoms with Crippen LogP contribution in [0.1, 0.15) is 12.0 Å². The molecule has 0 bridgehead atoms. The van der Waals surface area contributed by atoms with Gasteiger partial charge in [0.25, 0.3) is 0 Å². The third-order valence-electron chi connectivity index (χ3n) is 2.49. The van der Waals surface area contributed by atoms with E-state index < -0.39 is 6.10 Å². The Balaban J connectivity index is 2.35. The zero-order valence-corrected chi connectivity index (χ0v) is 12.7. The number of aliphatic hydroxyl groups excluding tert-OH is 1. The van der Waals surface area contributed by atoms with Crippen molar-refractivity contribution in [1.29, 1.82) is 0 Å². The summed E-state index contributed by atoms with van der Waals surface area (Å²) in [7, 11) is 1.53. The Morgan fingerprint density at radius 3 is 2.89 bits per heavy atom. The van der Waals surface area contributed by atoms with Gasteiger partial charge in [-0.25, -0.2) is 4.79 Å². The first-order valence-electron chi connectivity index (χ1n) is 6.01. The van der Waals surface area contributed by atoms with Crippen LogP contribution in [-0.4, -0.2) is 37.5 Å². The molecule has 2 amide bonds. The number of urea groups is 1. The first kappa shape index (κ1) is 15.9. The van der Waals surface area contributed by atoms with Crippen LogP contribution in [0.3, 0.4) is 0 Å². The van der Waals surface area contributed by atoms with Crippen molar-refractivity contribution in [2.75, 3.05) is 25.6 Å². The van der Waals surface area contributed by atoms with Gasteiger partial charge in [0.15, 0.2) is 0 Å². The third kappa shape index (κ3) is 6.04. The van der Waals surface area contributed by atoms with Gasteiger partial charge in [-0.15, -0.1) is 0 Å². The van der Waals surface area contributed by atoms with Crippen LogP contribution in [0.5, 0.6) is 0 Å². The number of halogens is 1. The van der Waals surface area contributed by atoms with Crippen LogP contribution in [0.4, 0.5) is 10.5 Å². The molecule has 0 heterocycles. The molecule has 0 aliphatic carbocycles. The highest BCUT2D eigenvalue weighted by Gasteiger charge is 2.07. The van der Waals surface area contributed by atoms with E-state index in [0.29, 0.717) is 18.7 Å². The summed E-state index contributed by atoms with van der Waals surface area (Å²) < 4.78 is 5.63. The number of amides is 2. The molecule has 1 aromatic carbocycles. The molecule has 0 fully saturated rings. The number of aliphatic hydroxyl groups is 1. The number of rotatable bonds is 6. The summed E-state index contributed by atoms with van der Waals surface area (Å²) in [5, 5.41) is 14.8. The van der Waals surface area contributed by atoms with Gasteiger partial charge in [0.05, 0.1) is 18.4 Å². The molecule has 1 rings (SSSR count). The van der Waals surface area contributed by atoms with Crippen LogP contribution in [0.2, 0.25) is 0 Å². The molecule has 0 saturated heterocycles. The number of anilines is 1. The number of carbonyl (C=O) groups excluding carboxylic acids is 1. The van der Waals surface area contributed by atoms with E-state index in [9.17, 15) is 9.90 Å². The van der Waals surface area contributed by atoms with Crippen LogP contribution in [0.25, 0.3) is 0 Å². The number of methoxy groups -OCH3 is 1. The molecule has 106 valence electrons. The lowest BCUT2D eigenvalue weighted by atomic mass is 10.2. The van der Waals surface area contributed by atoms with Crippen molar-refractivity contribution in [3.8, 4) is 0 Å². The maximum absolute atomic E-state index is 11.6. The van der Waals surface area contributed by atoms with E-state index in [4.69, 9.17) is 4.74 Å². The largest absolute Gasteiger partial charge is 0.391 e. The molecule has 0 spiro atoms. The summed E-state index contributed by atoms with van der Waals surface area (Å²) in [6.45, 7) is 2.64. The minimum atomic E-state index is -0.559. The third-order valence-corrected chi connectivity index (χ3v) is 3.15. The monoisotopic (exact) mass is 330 g/mol. The number of ether oxygens (including phenoxy) is 1. The number of carbonyl (C=O) groups is 1. The molecule has 0 aliphatic rings. The molecule has 1 aromatic rings. The van der Waals surface area contributed by atoms with E-state index in [2.05, 4.69) is 26.6 Å². The second-order valence-corrected chi connectivity index (χ2v) is 5.12. The van der Waals surface area contributed by atoms with E-state index in [-0.39, 0.29) is 12.6 Å². The topological polar surface area (TPSA) is 70.6 Å². The van der Waals surface area contributed by atoms with Crippen molar-refractivity contribution in [2.24, 2.45) is 0 Å². The average molecular weight is 331 g/mol. The van der Waals surface area contributed by atoms with Crippen LogP contribution < -0.4 is 10.6 Å². The lowest BCUT2D eigenvalue weighted by molar-refractivity contribution is 0.0599. The van der Waals surface area contributed by atoms with Crippen LogP contribution in [0.15, 0.2) is 22.7 Å². The zero-order chi connectivity index (χ0) is 14.3. The fourth-order valence-corrected chi connectivity index (χ4v) is 2.11. The first-order chi connectivity index (χ1) is 9.02. The normalized spacial score (nSPS) is 12.0. The van der Waals surface area contributed by atoms with Crippen molar-refractivity contribution >= 4 is 27.6 Å². The fraction of sp³-hybridized carbons (Fsp3) is 0.462. The smallest absolute Gasteiger partial charge is 0.319 e. The Morgan fingerprint density at radius 1 is 1.53 bits per heavy atom. The van der Waals surface area contributed by atoms with Gasteiger partial charge in [0, 0.05) is 18.1 Å². The van der Waals surface area contributed by atoms with Crippen molar-refractivity contribution in [1.82, 2.24) is 5.32 Å². The molecule has 1 atom stereocenters. The van der Waals surface area contributed by atoms with Crippen molar-refractivity contribution < 1.29 is 14.6 Å². The Bertz CT molecular complexity index is 426. The summed E-state index contributed by atoms with van der Waals surface area (Å²) in [5.41, 5.74) is 1.82. The van der Waals surface area contributed by atoms with Gasteiger partial charge >= 0.3 is 6.03 Å². The molecule has 0 aromatic heterocycles. The highest BCUT2D eigenvalue weighted by atomic mass is 79.9. The minimum Gasteiger partial charge on any atom is -0.391 e. The van der Waals surface area contributed by atoms with E-state index >= 15 is 0 Å². The van der Waals surface area contributed by atoms with Gasteiger partial charge in [-0.1, -0.05) is 6.07 Å². The maximum atomic E-state index is 11.6. The van der Waals surface area contributed by atoms with Gasteiger partial charge in [-0.3, -0.25) is 0 Å². The predicted molar refractivity (Wildman–Crippen MR) is 78.4 cm³/mol. The number of hydrogen-bond donors (Lipinski definition) is 3. The summed E-state index contributed by atoms with van der Waals surface area (Å²) in [6, 6.07) is 5.38. The maximum Gasteiger partial charge on any atom is 0.319 e. The minimum absolute atomic E-state index is 0.271. The molecule has 1 unspecified atom stereocenters. The van der Waals surface area contributed by atoms with Gasteiger partial charge in [0.1, 0.15) is 0 Å². The molecule has 5 nitrogen and oxygen atoms in total. The molecule has 0 saturated carbocycles. The Morgan fingerprint density at radius 2 is 2.26 bits per heavy atom. The summed E-state index contributed by atoms with van der Waals surface area (Å²) in [5.74, 6) is 0. The highest BCUT2D eigenvalue weighted by Crippen LogP contribution is 2.23. The Kier molecular flexibility index (Phi) is 6.83. The summed E-state index contributed by atoms with van der Waals surface area (Å²) in [4.78, 5) is 11.6. The van der Waals surface area contributed by atoms with Crippen LogP contribution in [-0.2, 0) is 4.74 Å². The van der Waals surface area contributed by atoms with E-state index in [1.807, 2.05) is 25.1 Å². The van der Waals surface area contributed by atoms with E-state index in [1.54, 1.807) is 0 Å². The second-order valence-electron chi connectivity index (χ2n) is 4.26. The molecule has 3 N–H and O–H groups in total. The molecule has 6 heteroatoms. The molecular formula is C13H19BrN2O3. The Labute approximate surface area is 121 Å². The molecule has 0 radical (unpaired) electrons. The first-order valence-corrected chi connectivity index (χ1v) is 6.80. The average Bonchev–Trinajstić information content (AvgIpc) is 2.33. The zero-order valence-electron chi connectivity index (χ0n) is 11.1. The fourth-order valence-electron chi connectivity index (χ4n) is 1.52. The van der Waals surface area contributed by atoms with Gasteiger partial charge in [0.2, 0.25) is 0 Å². The van der Waals surface area contributed by atoms with E-state index in [0.717, 1.165) is 10.0 Å².